The van der Waals surface area contributed by atoms with Crippen LogP contribution < -0.4 is 34.0 Å². The first-order valence-electron chi connectivity index (χ1n) is 7.13. The average molecular weight is 479 g/mol. The minimum Gasteiger partial charge on any atom is -1.00 e. The summed E-state index contributed by atoms with van der Waals surface area (Å²) in [6.45, 7) is 12.7. The number of phenols is 1. The Bertz CT molecular complexity index is 474. The van der Waals surface area contributed by atoms with Crippen LogP contribution in [0.1, 0.15) is 52.7 Å². The van der Waals surface area contributed by atoms with Crippen LogP contribution in [0.2, 0.25) is 0 Å². The second-order valence-corrected chi connectivity index (χ2v) is 7.16. The van der Waals surface area contributed by atoms with E-state index in [1.54, 1.807) is 0 Å². The molecule has 0 amide bonds. The summed E-state index contributed by atoms with van der Waals surface area (Å²) in [6.07, 6.45) is 0. The van der Waals surface area contributed by atoms with Gasteiger partial charge in [0.05, 0.1) is 0 Å². The van der Waals surface area contributed by atoms with Crippen LogP contribution in [0.3, 0.4) is 0 Å². The zero-order valence-corrected chi connectivity index (χ0v) is 19.6. The van der Waals surface area contributed by atoms with E-state index >= 15 is 0 Å². The Morgan fingerprint density at radius 1 is 0.739 bits per heavy atom. The zero-order chi connectivity index (χ0) is 15.4. The third-order valence-corrected chi connectivity index (χ3v) is 3.21. The summed E-state index contributed by atoms with van der Waals surface area (Å²) >= 11 is 0. The second-order valence-electron chi connectivity index (χ2n) is 7.16. The predicted molar refractivity (Wildman–Crippen MR) is 87.5 cm³/mol. The molecule has 0 saturated carbocycles. The van der Waals surface area contributed by atoms with Crippen LogP contribution >= 0.6 is 0 Å². The smallest absolute Gasteiger partial charge is 1.00 e. The van der Waals surface area contributed by atoms with Crippen molar-refractivity contribution in [1.82, 2.24) is 0 Å². The van der Waals surface area contributed by atoms with Crippen LogP contribution in [-0.4, -0.2) is 5.11 Å². The number of aromatic hydroxyl groups is 1. The van der Waals surface area contributed by atoms with E-state index in [-0.39, 0.29) is 66.5 Å². The van der Waals surface area contributed by atoms with Gasteiger partial charge in [-0.05, 0) is 22.0 Å². The van der Waals surface area contributed by atoms with Crippen LogP contribution in [0, 0.1) is 0 Å². The second kappa shape index (κ2) is 11.6. The van der Waals surface area contributed by atoms with Gasteiger partial charge in [0, 0.05) is 0 Å². The van der Waals surface area contributed by atoms with Crippen LogP contribution in [0.4, 0.5) is 0 Å². The number of benzene rings is 1. The largest absolute Gasteiger partial charge is 3.00 e. The first-order valence-corrected chi connectivity index (χ1v) is 7.13. The molecule has 1 N–H and O–H groups in total. The molecule has 0 unspecified atom stereocenters. The van der Waals surface area contributed by atoms with Crippen molar-refractivity contribution in [1.29, 1.82) is 0 Å². The fourth-order valence-electron chi connectivity index (χ4n) is 2.07. The van der Waals surface area contributed by atoms with Crippen LogP contribution in [0.5, 0.6) is 5.75 Å². The third-order valence-electron chi connectivity index (χ3n) is 3.21. The van der Waals surface area contributed by atoms with Crippen LogP contribution in [0.25, 0.3) is 0 Å². The molecule has 0 heterocycles. The normalized spacial score (nSPS) is 10.2. The molecule has 1 nitrogen and oxygen atoms in total. The third kappa shape index (κ3) is 9.19. The summed E-state index contributed by atoms with van der Waals surface area (Å²) in [7, 11) is 0. The molecule has 0 spiro atoms. The maximum Gasteiger partial charge on any atom is 3.00 e. The molecule has 0 saturated heterocycles. The van der Waals surface area contributed by atoms with Gasteiger partial charge in [0.2, 0.25) is 0 Å². The number of rotatable bonds is 0. The molecule has 0 aliphatic rings. The maximum absolute atomic E-state index is 10.3. The minimum atomic E-state index is -0.00859. The summed E-state index contributed by atoms with van der Waals surface area (Å²) in [5.74, 6) is 0.456. The summed E-state index contributed by atoms with van der Waals surface area (Å²) in [6, 6.07) is 16.0. The molecule has 127 valence electrons. The fraction of sp³-hybridized carbons (Fsp3) is 0.421. The molecule has 23 heavy (non-hydrogen) atoms. The zero-order valence-electron chi connectivity index (χ0n) is 14.8. The van der Waals surface area contributed by atoms with Gasteiger partial charge in [-0.25, -0.2) is 12.1 Å². The Morgan fingerprint density at radius 2 is 1.09 bits per heavy atom. The van der Waals surface area contributed by atoms with Gasteiger partial charge < -0.3 is 39.1 Å². The number of hydrogen-bond acceptors (Lipinski definition) is 1. The van der Waals surface area contributed by atoms with E-state index in [4.69, 9.17) is 0 Å². The number of para-hydroxylation sites is 1. The molecule has 0 atom stereocenters. The first-order chi connectivity index (χ1) is 9.14. The summed E-state index contributed by atoms with van der Waals surface area (Å²) < 4.78 is 0. The van der Waals surface area contributed by atoms with Gasteiger partial charge in [-0.2, -0.15) is 18.2 Å². The van der Waals surface area contributed by atoms with Gasteiger partial charge in [0.25, 0.3) is 0 Å². The quantitative estimate of drug-likeness (QED) is 0.396. The molecule has 2 aromatic rings. The Hall–Kier alpha value is 0.0443. The van der Waals surface area contributed by atoms with Crippen molar-refractivity contribution >= 4 is 0 Å². The Kier molecular flexibility index (Phi) is 14.0. The van der Waals surface area contributed by atoms with Gasteiger partial charge in [0.15, 0.2) is 0 Å². The van der Waals surface area contributed by atoms with Crippen molar-refractivity contribution in [3.63, 3.8) is 0 Å². The number of phenolic OH excluding ortho intramolecular Hbond substituents is 1. The fourth-order valence-corrected chi connectivity index (χ4v) is 2.07. The molecule has 2 rings (SSSR count). The molecular weight excluding hydrogens is 452 g/mol. The van der Waals surface area contributed by atoms with Crippen molar-refractivity contribution in [2.75, 3.05) is 0 Å². The Balaban J connectivity index is -0.000000431. The van der Waals surface area contributed by atoms with E-state index in [2.05, 4.69) is 41.5 Å². The topological polar surface area (TPSA) is 20.2 Å². The molecule has 0 bridgehead atoms. The molecule has 0 fully saturated rings. The average Bonchev–Trinajstić information content (AvgIpc) is 2.84. The van der Waals surface area contributed by atoms with Crippen LogP contribution in [-0.2, 0) is 32.5 Å². The summed E-state index contributed by atoms with van der Waals surface area (Å²) in [5.41, 5.74) is 2.03. The maximum atomic E-state index is 10.3. The van der Waals surface area contributed by atoms with Gasteiger partial charge in [-0.15, -0.1) is 0 Å². The van der Waals surface area contributed by atoms with E-state index in [1.807, 2.05) is 48.5 Å². The molecule has 0 aromatic heterocycles. The van der Waals surface area contributed by atoms with Crippen molar-refractivity contribution in [3.05, 3.63) is 59.7 Å². The Morgan fingerprint density at radius 3 is 1.30 bits per heavy atom. The molecule has 0 aliphatic carbocycles. The standard InChI is InChI=1S/C14H22O.C5H5.2BrH.Ti/c1-13(2,3)10-8-7-9-11(12(10)15)14(4,5)6;1-2-4-5-3-1;;;/h7-9,15H,1-6H3;1-5H;2*1H;/q;-1;;;+3/p-2. The first kappa shape index (κ1) is 27.9. The molecule has 1 radical (unpaired) electrons. The van der Waals surface area contributed by atoms with Gasteiger partial charge >= 0.3 is 21.7 Å². The van der Waals surface area contributed by atoms with E-state index in [0.717, 1.165) is 11.1 Å². The van der Waals surface area contributed by atoms with E-state index in [0.29, 0.717) is 5.75 Å². The van der Waals surface area contributed by atoms with Gasteiger partial charge in [-0.3, -0.25) is 0 Å². The van der Waals surface area contributed by atoms with Crippen LogP contribution in [0.15, 0.2) is 48.5 Å². The van der Waals surface area contributed by atoms with Gasteiger partial charge in [-0.1, -0.05) is 59.7 Å². The molecule has 2 aromatic carbocycles. The summed E-state index contributed by atoms with van der Waals surface area (Å²) in [4.78, 5) is 0. The van der Waals surface area contributed by atoms with Crippen molar-refractivity contribution < 1.29 is 60.8 Å². The van der Waals surface area contributed by atoms with Crippen molar-refractivity contribution in [2.45, 2.75) is 52.4 Å². The monoisotopic (exact) mass is 477 g/mol. The number of halogens is 2. The molecule has 0 aliphatic heterocycles. The van der Waals surface area contributed by atoms with Gasteiger partial charge in [0.1, 0.15) is 5.75 Å². The Labute approximate surface area is 177 Å². The molecular formula is C19H27Br2OTi. The molecule has 4 heteroatoms. The summed E-state index contributed by atoms with van der Waals surface area (Å²) in [5, 5.41) is 10.3. The SMILES string of the molecule is CC(C)(C)c1cccc(C(C)(C)C)c1O.[Br-].[Br-].[Ti+3].c1cc[cH-]c1. The number of hydrogen-bond donors (Lipinski definition) is 1. The van der Waals surface area contributed by atoms with Crippen molar-refractivity contribution in [3.8, 4) is 5.75 Å². The van der Waals surface area contributed by atoms with Crippen molar-refractivity contribution in [2.24, 2.45) is 0 Å². The van der Waals surface area contributed by atoms with E-state index in [1.165, 1.54) is 0 Å². The minimum absolute atomic E-state index is 0. The van der Waals surface area contributed by atoms with E-state index < -0.39 is 0 Å². The van der Waals surface area contributed by atoms with E-state index in [9.17, 15) is 5.11 Å². The predicted octanol–water partition coefficient (Wildman–Crippen LogP) is -0.602.